The molecule has 0 saturated heterocycles. The number of nitrogens with one attached hydrogen (secondary N) is 1. The maximum Gasteiger partial charge on any atom is 0.331 e. The molecule has 0 aliphatic carbocycles. The van der Waals surface area contributed by atoms with E-state index in [9.17, 15) is 19.2 Å². The molecule has 0 aromatic heterocycles. The van der Waals surface area contributed by atoms with Crippen molar-refractivity contribution in [2.24, 2.45) is 11.5 Å². The lowest BCUT2D eigenvalue weighted by atomic mass is 9.94. The zero-order valence-corrected chi connectivity index (χ0v) is 11.7. The van der Waals surface area contributed by atoms with Crippen LogP contribution in [0, 0.1) is 5.92 Å². The second-order valence-corrected chi connectivity index (χ2v) is 4.48. The van der Waals surface area contributed by atoms with Gasteiger partial charge in [-0.05, 0) is 32.7 Å². The van der Waals surface area contributed by atoms with Gasteiger partial charge in [-0.3, -0.25) is 19.2 Å². The number of rotatable bonds is 10. The molecule has 0 unspecified atom stereocenters. The number of carbonyl (C=O) groups is 4. The van der Waals surface area contributed by atoms with Crippen molar-refractivity contribution < 1.29 is 29.4 Å². The molecule has 0 spiro atoms. The molecular weight excluding hydrogens is 282 g/mol. The molecule has 0 rings (SSSR count). The Morgan fingerprint density at radius 1 is 1.10 bits per heavy atom. The van der Waals surface area contributed by atoms with Crippen LogP contribution in [0.3, 0.4) is 0 Å². The van der Waals surface area contributed by atoms with Crippen molar-refractivity contribution in [3.8, 4) is 0 Å². The topological polar surface area (TPSA) is 173 Å². The van der Waals surface area contributed by atoms with Crippen LogP contribution >= 0.6 is 0 Å². The molecule has 0 heterocycles. The van der Waals surface area contributed by atoms with Gasteiger partial charge >= 0.3 is 11.9 Å². The maximum absolute atomic E-state index is 12.0. The van der Waals surface area contributed by atoms with E-state index in [0.717, 1.165) is 0 Å². The minimum atomic E-state index is -1.86. The summed E-state index contributed by atoms with van der Waals surface area (Å²) in [6.45, 7) is 1.74. The third-order valence-electron chi connectivity index (χ3n) is 2.67. The second-order valence-electron chi connectivity index (χ2n) is 4.48. The van der Waals surface area contributed by atoms with Crippen molar-refractivity contribution in [2.45, 2.75) is 38.3 Å². The van der Waals surface area contributed by atoms with Crippen molar-refractivity contribution in [2.75, 3.05) is 6.54 Å². The first-order chi connectivity index (χ1) is 9.72. The highest BCUT2D eigenvalue weighted by molar-refractivity contribution is 6.31. The summed E-state index contributed by atoms with van der Waals surface area (Å²) >= 11 is 0. The first-order valence-corrected chi connectivity index (χ1v) is 6.36. The highest BCUT2D eigenvalue weighted by Gasteiger charge is 2.40. The molecule has 0 aliphatic rings. The van der Waals surface area contributed by atoms with Crippen LogP contribution < -0.4 is 16.8 Å². The molecule has 0 fully saturated rings. The lowest BCUT2D eigenvalue weighted by molar-refractivity contribution is -0.147. The fraction of sp³-hybridized carbons (Fsp3) is 0.583. The van der Waals surface area contributed by atoms with Crippen molar-refractivity contribution in [1.29, 1.82) is 0 Å². The van der Waals surface area contributed by atoms with Crippen LogP contribution in [0.1, 0.15) is 26.2 Å². The van der Waals surface area contributed by atoms with Crippen molar-refractivity contribution in [3.63, 3.8) is 0 Å². The van der Waals surface area contributed by atoms with Crippen LogP contribution in [0.25, 0.3) is 0 Å². The molecule has 0 saturated carbocycles. The summed E-state index contributed by atoms with van der Waals surface area (Å²) in [7, 11) is 0. The van der Waals surface area contributed by atoms with Gasteiger partial charge in [0.1, 0.15) is 0 Å². The minimum absolute atomic E-state index is 0.0819. The third kappa shape index (κ3) is 6.32. The van der Waals surface area contributed by atoms with E-state index in [1.807, 2.05) is 0 Å². The van der Waals surface area contributed by atoms with Crippen LogP contribution in [0.4, 0.5) is 0 Å². The molecule has 0 aliphatic heterocycles. The van der Waals surface area contributed by atoms with E-state index in [4.69, 9.17) is 21.7 Å². The lowest BCUT2D eigenvalue weighted by Crippen LogP contribution is -2.50. The Bertz CT molecular complexity index is 396. The van der Waals surface area contributed by atoms with Gasteiger partial charge in [0, 0.05) is 0 Å². The number of hydrogen-bond acceptors (Lipinski definition) is 6. The number of aliphatic carboxylic acids is 2. The minimum Gasteiger partial charge on any atom is -0.480 e. The van der Waals surface area contributed by atoms with Crippen LogP contribution in [0.5, 0.6) is 0 Å². The predicted molar refractivity (Wildman–Crippen MR) is 72.0 cm³/mol. The molecule has 2 atom stereocenters. The first kappa shape index (κ1) is 19.0. The Kier molecular flexibility index (Phi) is 8.17. The van der Waals surface area contributed by atoms with E-state index in [-0.39, 0.29) is 6.42 Å². The molecule has 119 valence electrons. The lowest BCUT2D eigenvalue weighted by Gasteiger charge is -2.20. The van der Waals surface area contributed by atoms with E-state index in [2.05, 4.69) is 5.32 Å². The number of Topliss-reactive ketones (excluding diaryl/α,β-unsaturated/α-hetero) is 1. The number of unbranched alkanes of at least 4 members (excludes halogenated alkanes) is 1. The monoisotopic (exact) mass is 302 g/mol. The van der Waals surface area contributed by atoms with Gasteiger partial charge in [0.15, 0.2) is 5.78 Å². The molecule has 9 nitrogen and oxygen atoms in total. The van der Waals surface area contributed by atoms with Gasteiger partial charge in [0.2, 0.25) is 5.91 Å². The fourth-order valence-electron chi connectivity index (χ4n) is 1.54. The number of amides is 1. The number of ketones is 1. The number of carboxylic acid groups (broad SMARTS) is 2. The fourth-order valence-corrected chi connectivity index (χ4v) is 1.54. The summed E-state index contributed by atoms with van der Waals surface area (Å²) in [6.07, 6.45) is 1.06. The number of carboxylic acids is 2. The SMILES string of the molecule is C[C@H](N)C(=O)N[C@@H](CCCCN)C(=O)[C](C(=O)O)C(=O)O. The van der Waals surface area contributed by atoms with E-state index in [1.54, 1.807) is 0 Å². The van der Waals surface area contributed by atoms with E-state index in [0.29, 0.717) is 19.4 Å². The Morgan fingerprint density at radius 2 is 1.62 bits per heavy atom. The number of hydrogen-bond donors (Lipinski definition) is 5. The molecule has 1 radical (unpaired) electrons. The Balaban J connectivity index is 5.07. The summed E-state index contributed by atoms with van der Waals surface area (Å²) < 4.78 is 0. The molecule has 0 aromatic rings. The Morgan fingerprint density at radius 3 is 2.00 bits per heavy atom. The summed E-state index contributed by atoms with van der Waals surface area (Å²) in [5.74, 6) is -6.84. The van der Waals surface area contributed by atoms with Crippen molar-refractivity contribution in [1.82, 2.24) is 5.32 Å². The zero-order chi connectivity index (χ0) is 16.6. The van der Waals surface area contributed by atoms with Gasteiger partial charge in [0.05, 0.1) is 12.1 Å². The van der Waals surface area contributed by atoms with Gasteiger partial charge in [-0.1, -0.05) is 0 Å². The third-order valence-corrected chi connectivity index (χ3v) is 2.67. The van der Waals surface area contributed by atoms with Crippen LogP contribution in [-0.4, -0.2) is 52.5 Å². The van der Waals surface area contributed by atoms with E-state index < -0.39 is 41.6 Å². The molecule has 21 heavy (non-hydrogen) atoms. The molecule has 0 bridgehead atoms. The molecule has 9 heteroatoms. The first-order valence-electron chi connectivity index (χ1n) is 6.36. The summed E-state index contributed by atoms with van der Waals surface area (Å²) in [5.41, 5.74) is 10.7. The molecule has 0 aromatic carbocycles. The molecule has 7 N–H and O–H groups in total. The molecule has 1 amide bonds. The van der Waals surface area contributed by atoms with Gasteiger partial charge < -0.3 is 27.0 Å². The van der Waals surface area contributed by atoms with Crippen molar-refractivity contribution in [3.05, 3.63) is 5.92 Å². The average molecular weight is 302 g/mol. The van der Waals surface area contributed by atoms with Crippen LogP contribution in [0.15, 0.2) is 0 Å². The highest BCUT2D eigenvalue weighted by atomic mass is 16.4. The Hall–Kier alpha value is -2.00. The quantitative estimate of drug-likeness (QED) is 0.233. The van der Waals surface area contributed by atoms with Crippen molar-refractivity contribution >= 4 is 23.6 Å². The average Bonchev–Trinajstić information content (AvgIpc) is 2.36. The smallest absolute Gasteiger partial charge is 0.331 e. The second kappa shape index (κ2) is 9.03. The predicted octanol–water partition coefficient (Wildman–Crippen LogP) is -1.74. The largest absolute Gasteiger partial charge is 0.480 e. The van der Waals surface area contributed by atoms with Crippen LogP contribution in [0.2, 0.25) is 0 Å². The molecular formula is C12H20N3O6. The number of nitrogens with two attached hydrogens (primary N) is 2. The van der Waals surface area contributed by atoms with Gasteiger partial charge in [-0.15, -0.1) is 0 Å². The Labute approximate surface area is 121 Å². The summed E-state index contributed by atoms with van der Waals surface area (Å²) in [4.78, 5) is 45.2. The normalized spacial score (nSPS) is 13.5. The zero-order valence-electron chi connectivity index (χ0n) is 11.7. The highest BCUT2D eigenvalue weighted by Crippen LogP contribution is 2.11. The van der Waals surface area contributed by atoms with E-state index >= 15 is 0 Å². The van der Waals surface area contributed by atoms with Crippen LogP contribution in [-0.2, 0) is 19.2 Å². The number of carbonyl (C=O) groups excluding carboxylic acids is 2. The van der Waals surface area contributed by atoms with Gasteiger partial charge in [-0.25, -0.2) is 0 Å². The summed E-state index contributed by atoms with van der Waals surface area (Å²) in [5, 5.41) is 19.8. The maximum atomic E-state index is 12.0. The van der Waals surface area contributed by atoms with Gasteiger partial charge in [0.25, 0.3) is 5.92 Å². The summed E-state index contributed by atoms with van der Waals surface area (Å²) in [6, 6.07) is -2.16. The van der Waals surface area contributed by atoms with Gasteiger partial charge in [-0.2, -0.15) is 0 Å². The van der Waals surface area contributed by atoms with E-state index in [1.165, 1.54) is 6.92 Å². The standard InChI is InChI=1S/C12H20N3O6/c1-6(14)10(17)15-7(4-2-3-5-13)9(16)8(11(18)19)12(20)21/h6-7H,2-5,13-14H2,1H3,(H,15,17)(H,18,19)(H,20,21)/t6-,7-/m0/s1.